The molecule has 2 atom stereocenters. The molecule has 4 heteroatoms. The molecule has 21 heavy (non-hydrogen) atoms. The van der Waals surface area contributed by atoms with Gasteiger partial charge in [-0.1, -0.05) is 12.1 Å². The maximum Gasteiger partial charge on any atom is 0.239 e. The van der Waals surface area contributed by atoms with Crippen molar-refractivity contribution < 1.29 is 9.18 Å². The third kappa shape index (κ3) is 4.81. The van der Waals surface area contributed by atoms with Crippen molar-refractivity contribution in [3.8, 4) is 0 Å². The summed E-state index contributed by atoms with van der Waals surface area (Å²) in [5.41, 5.74) is 0.952. The van der Waals surface area contributed by atoms with Gasteiger partial charge < -0.3 is 10.2 Å². The summed E-state index contributed by atoms with van der Waals surface area (Å²) in [5.74, 6) is -0.0297. The van der Waals surface area contributed by atoms with Crippen LogP contribution in [-0.4, -0.2) is 36.0 Å². The molecule has 0 aromatic heterocycles. The minimum Gasteiger partial charge on any atom is -0.341 e. The fourth-order valence-electron chi connectivity index (χ4n) is 2.96. The van der Waals surface area contributed by atoms with E-state index in [0.29, 0.717) is 0 Å². The van der Waals surface area contributed by atoms with Crippen LogP contribution in [0.3, 0.4) is 0 Å². The van der Waals surface area contributed by atoms with Gasteiger partial charge in [0, 0.05) is 19.1 Å². The Labute approximate surface area is 126 Å². The van der Waals surface area contributed by atoms with E-state index in [1.54, 1.807) is 12.1 Å². The Morgan fingerprint density at radius 3 is 2.67 bits per heavy atom. The van der Waals surface area contributed by atoms with Gasteiger partial charge in [-0.3, -0.25) is 4.79 Å². The highest BCUT2D eigenvalue weighted by molar-refractivity contribution is 5.81. The van der Waals surface area contributed by atoms with Crippen molar-refractivity contribution in [2.24, 2.45) is 0 Å². The van der Waals surface area contributed by atoms with Crippen LogP contribution in [-0.2, 0) is 11.2 Å². The first kappa shape index (κ1) is 16.0. The fourth-order valence-corrected chi connectivity index (χ4v) is 2.96. The molecule has 0 aliphatic carbocycles. The largest absolute Gasteiger partial charge is 0.341 e. The molecule has 3 nitrogen and oxygen atoms in total. The maximum atomic E-state index is 13.2. The highest BCUT2D eigenvalue weighted by Gasteiger charge is 2.23. The van der Waals surface area contributed by atoms with E-state index in [0.717, 1.165) is 37.9 Å². The minimum absolute atomic E-state index is 0.135. The Morgan fingerprint density at radius 1 is 1.29 bits per heavy atom. The second-order valence-electron chi connectivity index (χ2n) is 6.01. The van der Waals surface area contributed by atoms with Gasteiger partial charge in [-0.15, -0.1) is 0 Å². The normalized spacial score (nSPS) is 18.3. The molecule has 1 aromatic rings. The van der Waals surface area contributed by atoms with Gasteiger partial charge in [0.15, 0.2) is 0 Å². The highest BCUT2D eigenvalue weighted by atomic mass is 19.1. The third-order valence-electron chi connectivity index (χ3n) is 4.00. The lowest BCUT2D eigenvalue weighted by Crippen LogP contribution is -2.49. The zero-order valence-corrected chi connectivity index (χ0v) is 12.9. The first-order valence-electron chi connectivity index (χ1n) is 7.85. The number of carbonyl (C=O) groups is 1. The molecule has 116 valence electrons. The van der Waals surface area contributed by atoms with E-state index in [-0.39, 0.29) is 23.8 Å². The van der Waals surface area contributed by atoms with E-state index >= 15 is 0 Å². The van der Waals surface area contributed by atoms with Crippen molar-refractivity contribution in [1.82, 2.24) is 10.2 Å². The monoisotopic (exact) mass is 292 g/mol. The Balaban J connectivity index is 1.83. The summed E-state index contributed by atoms with van der Waals surface area (Å²) in [6.45, 7) is 5.70. The lowest BCUT2D eigenvalue weighted by Gasteiger charge is -2.30. The summed E-state index contributed by atoms with van der Waals surface area (Å²) < 4.78 is 13.2. The van der Waals surface area contributed by atoms with Gasteiger partial charge in [0.1, 0.15) is 5.82 Å². The molecule has 0 bridgehead atoms. The van der Waals surface area contributed by atoms with Gasteiger partial charge in [-0.05, 0) is 57.2 Å². The van der Waals surface area contributed by atoms with E-state index in [1.165, 1.54) is 12.5 Å². The van der Waals surface area contributed by atoms with Crippen molar-refractivity contribution >= 4 is 5.91 Å². The van der Waals surface area contributed by atoms with Gasteiger partial charge in [-0.2, -0.15) is 0 Å². The van der Waals surface area contributed by atoms with Gasteiger partial charge in [0.25, 0.3) is 0 Å². The highest BCUT2D eigenvalue weighted by Crippen LogP contribution is 2.11. The van der Waals surface area contributed by atoms with Crippen molar-refractivity contribution in [2.75, 3.05) is 13.1 Å². The molecule has 2 unspecified atom stereocenters. The number of nitrogens with one attached hydrogen (secondary N) is 1. The van der Waals surface area contributed by atoms with Crippen molar-refractivity contribution in [3.63, 3.8) is 0 Å². The Bertz CT molecular complexity index is 472. The Morgan fingerprint density at radius 2 is 2.00 bits per heavy atom. The molecule has 1 saturated heterocycles. The van der Waals surface area contributed by atoms with Crippen molar-refractivity contribution in [2.45, 2.75) is 51.6 Å². The van der Waals surface area contributed by atoms with Crippen LogP contribution in [0.4, 0.5) is 4.39 Å². The SMILES string of the molecule is CC(Cc1cccc(F)c1)NC(C)C(=O)N1CCCCC1. The number of amides is 1. The number of rotatable bonds is 5. The molecular weight excluding hydrogens is 267 g/mol. The lowest BCUT2D eigenvalue weighted by molar-refractivity contribution is -0.134. The first-order valence-corrected chi connectivity index (χ1v) is 7.85. The van der Waals surface area contributed by atoms with E-state index in [4.69, 9.17) is 0 Å². The predicted molar refractivity (Wildman–Crippen MR) is 82.6 cm³/mol. The zero-order chi connectivity index (χ0) is 15.2. The lowest BCUT2D eigenvalue weighted by atomic mass is 10.1. The summed E-state index contributed by atoms with van der Waals surface area (Å²) in [7, 11) is 0. The smallest absolute Gasteiger partial charge is 0.239 e. The number of nitrogens with zero attached hydrogens (tertiary/aromatic N) is 1. The third-order valence-corrected chi connectivity index (χ3v) is 4.00. The number of likely N-dealkylation sites (tertiary alicyclic amines) is 1. The number of benzene rings is 1. The zero-order valence-electron chi connectivity index (χ0n) is 12.9. The Hall–Kier alpha value is -1.42. The topological polar surface area (TPSA) is 32.3 Å². The molecular formula is C17H25FN2O. The molecule has 1 heterocycles. The summed E-state index contributed by atoms with van der Waals surface area (Å²) >= 11 is 0. The van der Waals surface area contributed by atoms with Crippen LogP contribution in [0.1, 0.15) is 38.7 Å². The van der Waals surface area contributed by atoms with Crippen molar-refractivity contribution in [3.05, 3.63) is 35.6 Å². The number of carbonyl (C=O) groups excluding carboxylic acids is 1. The number of hydrogen-bond acceptors (Lipinski definition) is 2. The number of piperidine rings is 1. The van der Waals surface area contributed by atoms with Gasteiger partial charge >= 0.3 is 0 Å². The van der Waals surface area contributed by atoms with Crippen LogP contribution in [0.15, 0.2) is 24.3 Å². The van der Waals surface area contributed by atoms with Crippen LogP contribution in [0, 0.1) is 5.82 Å². The summed E-state index contributed by atoms with van der Waals surface area (Å²) in [4.78, 5) is 14.3. The van der Waals surface area contributed by atoms with E-state index in [9.17, 15) is 9.18 Å². The maximum absolute atomic E-state index is 13.2. The summed E-state index contributed by atoms with van der Waals surface area (Å²) in [5, 5.41) is 3.33. The van der Waals surface area contributed by atoms with Gasteiger partial charge in [0.2, 0.25) is 5.91 Å². The molecule has 1 aliphatic heterocycles. The average molecular weight is 292 g/mol. The molecule has 1 aromatic carbocycles. The fraction of sp³-hybridized carbons (Fsp3) is 0.588. The number of hydrogen-bond donors (Lipinski definition) is 1. The van der Waals surface area contributed by atoms with Crippen LogP contribution < -0.4 is 5.32 Å². The molecule has 1 fully saturated rings. The molecule has 0 spiro atoms. The molecule has 1 amide bonds. The van der Waals surface area contributed by atoms with E-state index in [2.05, 4.69) is 5.32 Å². The predicted octanol–water partition coefficient (Wildman–Crippen LogP) is 2.75. The minimum atomic E-state index is -0.211. The van der Waals surface area contributed by atoms with Crippen LogP contribution >= 0.6 is 0 Å². The molecule has 2 rings (SSSR count). The van der Waals surface area contributed by atoms with Crippen molar-refractivity contribution in [1.29, 1.82) is 0 Å². The second kappa shape index (κ2) is 7.55. The first-order chi connectivity index (χ1) is 10.1. The van der Waals surface area contributed by atoms with Gasteiger partial charge in [-0.25, -0.2) is 4.39 Å². The Kier molecular flexibility index (Phi) is 5.74. The van der Waals surface area contributed by atoms with Crippen LogP contribution in [0.5, 0.6) is 0 Å². The summed E-state index contributed by atoms with van der Waals surface area (Å²) in [6, 6.07) is 6.58. The standard InChI is InChI=1S/C17H25FN2O/c1-13(11-15-7-6-8-16(18)12-15)19-14(2)17(21)20-9-4-3-5-10-20/h6-8,12-14,19H,3-5,9-11H2,1-2H3. The average Bonchev–Trinajstić information content (AvgIpc) is 2.47. The van der Waals surface area contributed by atoms with Crippen LogP contribution in [0.25, 0.3) is 0 Å². The van der Waals surface area contributed by atoms with E-state index in [1.807, 2.05) is 24.8 Å². The van der Waals surface area contributed by atoms with Crippen LogP contribution in [0.2, 0.25) is 0 Å². The number of halogens is 1. The molecule has 0 saturated carbocycles. The quantitative estimate of drug-likeness (QED) is 0.905. The van der Waals surface area contributed by atoms with Gasteiger partial charge in [0.05, 0.1) is 6.04 Å². The molecule has 1 N–H and O–H groups in total. The summed E-state index contributed by atoms with van der Waals surface area (Å²) in [6.07, 6.45) is 4.16. The molecule has 1 aliphatic rings. The second-order valence-corrected chi connectivity index (χ2v) is 6.01. The molecule has 0 radical (unpaired) electrons. The van der Waals surface area contributed by atoms with E-state index < -0.39 is 0 Å².